The molecule has 116 valence electrons. The number of nitrogens with zero attached hydrogens (tertiary/aromatic N) is 6. The molecule has 0 atom stereocenters. The summed E-state index contributed by atoms with van der Waals surface area (Å²) in [7, 11) is 0. The van der Waals surface area contributed by atoms with Crippen LogP contribution in [0, 0.1) is 6.92 Å². The minimum Gasteiger partial charge on any atom is -0.354 e. The molecule has 0 radical (unpaired) electrons. The van der Waals surface area contributed by atoms with Crippen LogP contribution in [0.15, 0.2) is 24.8 Å². The first-order valence-corrected chi connectivity index (χ1v) is 7.80. The van der Waals surface area contributed by atoms with Crippen LogP contribution >= 0.6 is 0 Å². The van der Waals surface area contributed by atoms with Crippen LogP contribution in [0.1, 0.15) is 24.0 Å². The van der Waals surface area contributed by atoms with Crippen molar-refractivity contribution in [1.82, 2.24) is 24.8 Å². The highest BCUT2D eigenvalue weighted by molar-refractivity contribution is 5.39. The van der Waals surface area contributed by atoms with Gasteiger partial charge in [-0.15, -0.1) is 0 Å². The van der Waals surface area contributed by atoms with Gasteiger partial charge in [-0.1, -0.05) is 6.92 Å². The fourth-order valence-electron chi connectivity index (χ4n) is 2.62. The lowest BCUT2D eigenvalue weighted by atomic mass is 10.2. The molecule has 1 fully saturated rings. The standard InChI is InChI=1S/C16H22N6/c1-3-14-8-16(20-12-19-14)22-6-4-21(5-7-22)11-15-10-17-13(2)9-18-15/h8-10,12H,3-7,11H2,1-2H3. The van der Waals surface area contributed by atoms with E-state index < -0.39 is 0 Å². The Morgan fingerprint density at radius 2 is 1.77 bits per heavy atom. The summed E-state index contributed by atoms with van der Waals surface area (Å²) in [5.74, 6) is 1.04. The van der Waals surface area contributed by atoms with Crippen LogP contribution in [0.4, 0.5) is 5.82 Å². The van der Waals surface area contributed by atoms with Gasteiger partial charge in [-0.3, -0.25) is 14.9 Å². The molecule has 1 aliphatic heterocycles. The fourth-order valence-corrected chi connectivity index (χ4v) is 2.62. The van der Waals surface area contributed by atoms with Gasteiger partial charge in [0.05, 0.1) is 11.4 Å². The molecule has 0 aliphatic carbocycles. The van der Waals surface area contributed by atoms with E-state index in [1.807, 2.05) is 19.3 Å². The molecule has 0 amide bonds. The SMILES string of the molecule is CCc1cc(N2CCN(Cc3cnc(C)cn3)CC2)ncn1. The van der Waals surface area contributed by atoms with Crippen LogP contribution in [0.3, 0.4) is 0 Å². The van der Waals surface area contributed by atoms with Crippen molar-refractivity contribution >= 4 is 5.82 Å². The Kier molecular flexibility index (Phi) is 4.58. The first-order chi connectivity index (χ1) is 10.7. The van der Waals surface area contributed by atoms with E-state index in [0.29, 0.717) is 0 Å². The number of piperazine rings is 1. The van der Waals surface area contributed by atoms with Gasteiger partial charge in [0.25, 0.3) is 0 Å². The number of anilines is 1. The summed E-state index contributed by atoms with van der Waals surface area (Å²) in [6.45, 7) is 8.94. The Morgan fingerprint density at radius 1 is 0.955 bits per heavy atom. The van der Waals surface area contributed by atoms with Crippen molar-refractivity contribution in [1.29, 1.82) is 0 Å². The first kappa shape index (κ1) is 14.8. The van der Waals surface area contributed by atoms with Gasteiger partial charge < -0.3 is 4.90 Å². The lowest BCUT2D eigenvalue weighted by Gasteiger charge is -2.35. The van der Waals surface area contributed by atoms with E-state index in [2.05, 4.69) is 42.7 Å². The highest BCUT2D eigenvalue weighted by Gasteiger charge is 2.18. The Morgan fingerprint density at radius 3 is 2.45 bits per heavy atom. The second-order valence-electron chi connectivity index (χ2n) is 5.63. The molecule has 0 bridgehead atoms. The third kappa shape index (κ3) is 3.57. The number of hydrogen-bond donors (Lipinski definition) is 0. The van der Waals surface area contributed by atoms with Crippen molar-refractivity contribution in [3.63, 3.8) is 0 Å². The molecule has 22 heavy (non-hydrogen) atoms. The summed E-state index contributed by atoms with van der Waals surface area (Å²) in [6, 6.07) is 2.10. The van der Waals surface area contributed by atoms with Gasteiger partial charge in [-0.05, 0) is 13.3 Å². The van der Waals surface area contributed by atoms with Gasteiger partial charge in [0, 0.05) is 56.9 Å². The van der Waals surface area contributed by atoms with Crippen LogP contribution in [0.25, 0.3) is 0 Å². The highest BCUT2D eigenvalue weighted by atomic mass is 15.3. The summed E-state index contributed by atoms with van der Waals surface area (Å²) in [5.41, 5.74) is 3.10. The predicted octanol–water partition coefficient (Wildman–Crippen LogP) is 1.46. The van der Waals surface area contributed by atoms with Crippen LogP contribution in [0.5, 0.6) is 0 Å². The minimum absolute atomic E-state index is 0.866. The van der Waals surface area contributed by atoms with Crippen LogP contribution in [-0.4, -0.2) is 51.0 Å². The van der Waals surface area contributed by atoms with E-state index in [-0.39, 0.29) is 0 Å². The van der Waals surface area contributed by atoms with Gasteiger partial charge in [0.1, 0.15) is 12.1 Å². The first-order valence-electron chi connectivity index (χ1n) is 7.80. The molecule has 0 N–H and O–H groups in total. The zero-order valence-corrected chi connectivity index (χ0v) is 13.2. The molecule has 1 saturated heterocycles. The molecule has 6 nitrogen and oxygen atoms in total. The summed E-state index contributed by atoms with van der Waals surface area (Å²) in [5, 5.41) is 0. The average molecular weight is 298 g/mol. The van der Waals surface area contributed by atoms with Crippen LogP contribution in [-0.2, 0) is 13.0 Å². The topological polar surface area (TPSA) is 58.0 Å². The molecule has 0 spiro atoms. The molecule has 3 heterocycles. The quantitative estimate of drug-likeness (QED) is 0.852. The van der Waals surface area contributed by atoms with Crippen molar-refractivity contribution in [2.75, 3.05) is 31.1 Å². The molecule has 6 heteroatoms. The number of aryl methyl sites for hydroxylation is 2. The Labute approximate surface area is 131 Å². The van der Waals surface area contributed by atoms with E-state index in [0.717, 1.165) is 62.0 Å². The van der Waals surface area contributed by atoms with Crippen molar-refractivity contribution in [3.8, 4) is 0 Å². The second-order valence-corrected chi connectivity index (χ2v) is 5.63. The number of hydrogen-bond acceptors (Lipinski definition) is 6. The van der Waals surface area contributed by atoms with Gasteiger partial charge in [-0.2, -0.15) is 0 Å². The Hall–Kier alpha value is -2.08. The monoisotopic (exact) mass is 298 g/mol. The Balaban J connectivity index is 1.56. The predicted molar refractivity (Wildman–Crippen MR) is 85.7 cm³/mol. The fraction of sp³-hybridized carbons (Fsp3) is 0.500. The van der Waals surface area contributed by atoms with Crippen LogP contribution < -0.4 is 4.90 Å². The van der Waals surface area contributed by atoms with Crippen molar-refractivity contribution in [2.24, 2.45) is 0 Å². The van der Waals surface area contributed by atoms with Crippen LogP contribution in [0.2, 0.25) is 0 Å². The summed E-state index contributed by atoms with van der Waals surface area (Å²) in [6.07, 6.45) is 6.32. The molecule has 0 unspecified atom stereocenters. The van der Waals surface area contributed by atoms with E-state index in [4.69, 9.17) is 0 Å². The second kappa shape index (κ2) is 6.79. The van der Waals surface area contributed by atoms with E-state index >= 15 is 0 Å². The molecular weight excluding hydrogens is 276 g/mol. The van der Waals surface area contributed by atoms with Crippen molar-refractivity contribution < 1.29 is 0 Å². The minimum atomic E-state index is 0.866. The molecule has 1 aliphatic rings. The lowest BCUT2D eigenvalue weighted by molar-refractivity contribution is 0.246. The normalized spacial score (nSPS) is 16.0. The number of rotatable bonds is 4. The summed E-state index contributed by atoms with van der Waals surface area (Å²) >= 11 is 0. The van der Waals surface area contributed by atoms with Crippen molar-refractivity contribution in [2.45, 2.75) is 26.8 Å². The smallest absolute Gasteiger partial charge is 0.132 e. The zero-order valence-electron chi connectivity index (χ0n) is 13.2. The van der Waals surface area contributed by atoms with E-state index in [1.165, 1.54) is 0 Å². The maximum Gasteiger partial charge on any atom is 0.132 e. The molecule has 3 rings (SSSR count). The van der Waals surface area contributed by atoms with Gasteiger partial charge >= 0.3 is 0 Å². The maximum atomic E-state index is 4.43. The molecular formula is C16H22N6. The summed E-state index contributed by atoms with van der Waals surface area (Å²) < 4.78 is 0. The van der Waals surface area contributed by atoms with Gasteiger partial charge in [0.15, 0.2) is 0 Å². The molecule has 2 aromatic heterocycles. The molecule has 0 saturated carbocycles. The largest absolute Gasteiger partial charge is 0.354 e. The molecule has 2 aromatic rings. The van der Waals surface area contributed by atoms with Gasteiger partial charge in [0.2, 0.25) is 0 Å². The van der Waals surface area contributed by atoms with Gasteiger partial charge in [-0.25, -0.2) is 9.97 Å². The zero-order chi connectivity index (χ0) is 15.4. The third-order valence-corrected chi connectivity index (χ3v) is 3.99. The maximum absolute atomic E-state index is 4.43. The summed E-state index contributed by atoms with van der Waals surface area (Å²) in [4.78, 5) is 22.2. The Bertz CT molecular complexity index is 604. The van der Waals surface area contributed by atoms with E-state index in [1.54, 1.807) is 6.33 Å². The number of aromatic nitrogens is 4. The third-order valence-electron chi connectivity index (χ3n) is 3.99. The lowest BCUT2D eigenvalue weighted by Crippen LogP contribution is -2.46. The molecule has 0 aromatic carbocycles. The van der Waals surface area contributed by atoms with Crippen molar-refractivity contribution in [3.05, 3.63) is 41.9 Å². The van der Waals surface area contributed by atoms with E-state index in [9.17, 15) is 0 Å². The highest BCUT2D eigenvalue weighted by Crippen LogP contribution is 2.15. The average Bonchev–Trinajstić information content (AvgIpc) is 2.58.